The molecule has 16 heavy (non-hydrogen) atoms. The summed E-state index contributed by atoms with van der Waals surface area (Å²) < 4.78 is 0. The number of rotatable bonds is 2. The normalized spacial score (nSPS) is 36.5. The van der Waals surface area contributed by atoms with E-state index in [9.17, 15) is 4.79 Å². The number of hydrogen-bond donors (Lipinski definition) is 1. The van der Waals surface area contributed by atoms with Crippen molar-refractivity contribution in [2.75, 3.05) is 0 Å². The molecule has 0 radical (unpaired) electrons. The molecule has 84 valence electrons. The van der Waals surface area contributed by atoms with Crippen molar-refractivity contribution in [2.45, 2.75) is 25.2 Å². The topological polar surface area (TPSA) is 43.1 Å². The maximum Gasteiger partial charge on any atom is 0.221 e. The minimum Gasteiger partial charge on any atom is -0.369 e. The fraction of sp³-hybridized carbons (Fsp3) is 0.500. The van der Waals surface area contributed by atoms with Crippen LogP contribution in [0.5, 0.6) is 0 Å². The fourth-order valence-electron chi connectivity index (χ4n) is 3.86. The van der Waals surface area contributed by atoms with Crippen molar-refractivity contribution in [3.8, 4) is 0 Å². The zero-order valence-corrected chi connectivity index (χ0v) is 9.30. The molecule has 2 aliphatic rings. The lowest BCUT2D eigenvalue weighted by Gasteiger charge is -2.29. The summed E-state index contributed by atoms with van der Waals surface area (Å²) >= 11 is 0. The monoisotopic (exact) mass is 215 g/mol. The average Bonchev–Trinajstić information content (AvgIpc) is 2.89. The van der Waals surface area contributed by atoms with Gasteiger partial charge in [0, 0.05) is 5.92 Å². The molecule has 1 aromatic rings. The number of hydrogen-bond acceptors (Lipinski definition) is 1. The highest BCUT2D eigenvalue weighted by Crippen LogP contribution is 2.56. The zero-order valence-electron chi connectivity index (χ0n) is 9.30. The van der Waals surface area contributed by atoms with E-state index in [4.69, 9.17) is 5.73 Å². The first kappa shape index (κ1) is 9.88. The summed E-state index contributed by atoms with van der Waals surface area (Å²) in [6, 6.07) is 10.4. The number of carbonyl (C=O) groups excluding carboxylic acids is 1. The van der Waals surface area contributed by atoms with E-state index < -0.39 is 0 Å². The lowest BCUT2D eigenvalue weighted by atomic mass is 9.75. The molecule has 1 amide bonds. The first-order chi connectivity index (χ1) is 7.77. The second-order valence-corrected chi connectivity index (χ2v) is 5.20. The van der Waals surface area contributed by atoms with Gasteiger partial charge in [-0.3, -0.25) is 4.79 Å². The van der Waals surface area contributed by atoms with E-state index >= 15 is 0 Å². The van der Waals surface area contributed by atoms with Crippen LogP contribution in [-0.2, 0) is 4.79 Å². The number of benzene rings is 1. The molecule has 3 rings (SSSR count). The molecule has 0 heterocycles. The summed E-state index contributed by atoms with van der Waals surface area (Å²) in [5.74, 6) is 1.61. The number of primary amides is 1. The van der Waals surface area contributed by atoms with Crippen LogP contribution in [0.25, 0.3) is 0 Å². The molecular weight excluding hydrogens is 198 g/mol. The highest BCUT2D eigenvalue weighted by Gasteiger charge is 2.50. The van der Waals surface area contributed by atoms with Crippen LogP contribution in [0.4, 0.5) is 0 Å². The van der Waals surface area contributed by atoms with Crippen molar-refractivity contribution in [1.29, 1.82) is 0 Å². The van der Waals surface area contributed by atoms with Gasteiger partial charge in [0.05, 0.1) is 0 Å². The van der Waals surface area contributed by atoms with Gasteiger partial charge < -0.3 is 5.73 Å². The molecule has 2 bridgehead atoms. The molecule has 0 aliphatic heterocycles. The molecule has 0 aromatic heterocycles. The van der Waals surface area contributed by atoms with Crippen LogP contribution in [0.1, 0.15) is 30.7 Å². The Morgan fingerprint density at radius 2 is 1.81 bits per heavy atom. The maximum atomic E-state index is 11.6. The lowest BCUT2D eigenvalue weighted by molar-refractivity contribution is -0.123. The van der Waals surface area contributed by atoms with Gasteiger partial charge in [0.2, 0.25) is 5.91 Å². The maximum absolute atomic E-state index is 11.6. The lowest BCUT2D eigenvalue weighted by Crippen LogP contribution is -2.33. The molecule has 2 saturated carbocycles. The second-order valence-electron chi connectivity index (χ2n) is 5.20. The first-order valence-corrected chi connectivity index (χ1v) is 6.11. The number of carbonyl (C=O) groups is 1. The van der Waals surface area contributed by atoms with Gasteiger partial charge >= 0.3 is 0 Å². The molecule has 2 fully saturated rings. The predicted molar refractivity (Wildman–Crippen MR) is 62.7 cm³/mol. The van der Waals surface area contributed by atoms with Gasteiger partial charge in [0.25, 0.3) is 0 Å². The van der Waals surface area contributed by atoms with E-state index in [1.54, 1.807) is 0 Å². The van der Waals surface area contributed by atoms with E-state index in [0.717, 1.165) is 0 Å². The van der Waals surface area contributed by atoms with E-state index in [1.807, 2.05) is 6.07 Å². The van der Waals surface area contributed by atoms with E-state index in [0.29, 0.717) is 17.8 Å². The largest absolute Gasteiger partial charge is 0.369 e. The van der Waals surface area contributed by atoms with Gasteiger partial charge in [0.1, 0.15) is 0 Å². The Bertz CT molecular complexity index is 400. The quantitative estimate of drug-likeness (QED) is 0.808. The van der Waals surface area contributed by atoms with Crippen molar-refractivity contribution >= 4 is 5.91 Å². The molecule has 2 aliphatic carbocycles. The van der Waals surface area contributed by atoms with Crippen LogP contribution in [0.3, 0.4) is 0 Å². The fourth-order valence-corrected chi connectivity index (χ4v) is 3.86. The average molecular weight is 215 g/mol. The molecule has 0 spiro atoms. The molecule has 0 saturated heterocycles. The minimum atomic E-state index is -0.0962. The van der Waals surface area contributed by atoms with E-state index in [2.05, 4.69) is 24.3 Å². The zero-order chi connectivity index (χ0) is 11.1. The molecule has 4 atom stereocenters. The Morgan fingerprint density at radius 3 is 2.50 bits per heavy atom. The highest BCUT2D eigenvalue weighted by atomic mass is 16.1. The van der Waals surface area contributed by atoms with Gasteiger partial charge in [-0.05, 0) is 42.6 Å². The standard InChI is InChI=1S/C14H17NO/c15-14(16)13-11-7-6-10(8-11)12(13)9-4-2-1-3-5-9/h1-5,10-13H,6-8H2,(H2,15,16)/t10-,11+,12+,13-/m0/s1. The van der Waals surface area contributed by atoms with Gasteiger partial charge in [-0.15, -0.1) is 0 Å². The molecule has 2 heteroatoms. The Balaban J connectivity index is 1.97. The van der Waals surface area contributed by atoms with Crippen molar-refractivity contribution in [3.05, 3.63) is 35.9 Å². The van der Waals surface area contributed by atoms with Crippen molar-refractivity contribution in [2.24, 2.45) is 23.5 Å². The third-order valence-electron chi connectivity index (χ3n) is 4.43. The molecule has 1 aromatic carbocycles. The number of fused-ring (bicyclic) bond motifs is 2. The Morgan fingerprint density at radius 1 is 1.12 bits per heavy atom. The Kier molecular flexibility index (Phi) is 2.23. The Labute approximate surface area is 95.8 Å². The predicted octanol–water partition coefficient (Wildman–Crippen LogP) is 2.30. The van der Waals surface area contributed by atoms with Gasteiger partial charge in [-0.25, -0.2) is 0 Å². The SMILES string of the molecule is NC(=O)[C@H]1[C@@H]2CC[C@@H](C2)[C@H]1c1ccccc1. The first-order valence-electron chi connectivity index (χ1n) is 6.11. The number of nitrogens with two attached hydrogens (primary N) is 1. The highest BCUT2D eigenvalue weighted by molar-refractivity contribution is 5.79. The summed E-state index contributed by atoms with van der Waals surface area (Å²) in [5.41, 5.74) is 6.88. The van der Waals surface area contributed by atoms with Crippen molar-refractivity contribution in [3.63, 3.8) is 0 Å². The van der Waals surface area contributed by atoms with Crippen LogP contribution in [-0.4, -0.2) is 5.91 Å². The van der Waals surface area contributed by atoms with Crippen LogP contribution in [0.15, 0.2) is 30.3 Å². The Hall–Kier alpha value is -1.31. The van der Waals surface area contributed by atoms with Crippen LogP contribution >= 0.6 is 0 Å². The summed E-state index contributed by atoms with van der Waals surface area (Å²) in [6.45, 7) is 0. The summed E-state index contributed by atoms with van der Waals surface area (Å²) in [4.78, 5) is 11.6. The van der Waals surface area contributed by atoms with E-state index in [1.165, 1.54) is 24.8 Å². The van der Waals surface area contributed by atoms with Crippen molar-refractivity contribution in [1.82, 2.24) is 0 Å². The smallest absolute Gasteiger partial charge is 0.221 e. The molecular formula is C14H17NO. The van der Waals surface area contributed by atoms with Crippen molar-refractivity contribution < 1.29 is 4.79 Å². The van der Waals surface area contributed by atoms with Crippen LogP contribution in [0.2, 0.25) is 0 Å². The third-order valence-corrected chi connectivity index (χ3v) is 4.43. The summed E-state index contributed by atoms with van der Waals surface area (Å²) in [7, 11) is 0. The van der Waals surface area contributed by atoms with Crippen LogP contribution < -0.4 is 5.73 Å². The van der Waals surface area contributed by atoms with Crippen LogP contribution in [0, 0.1) is 17.8 Å². The van der Waals surface area contributed by atoms with E-state index in [-0.39, 0.29) is 11.8 Å². The summed E-state index contributed by atoms with van der Waals surface area (Å²) in [6.07, 6.45) is 3.67. The second kappa shape index (κ2) is 3.62. The van der Waals surface area contributed by atoms with Gasteiger partial charge in [-0.2, -0.15) is 0 Å². The molecule has 0 unspecified atom stereocenters. The van der Waals surface area contributed by atoms with Gasteiger partial charge in [-0.1, -0.05) is 30.3 Å². The van der Waals surface area contributed by atoms with Gasteiger partial charge in [0.15, 0.2) is 0 Å². The minimum absolute atomic E-state index is 0.0844. The summed E-state index contributed by atoms with van der Waals surface area (Å²) in [5, 5.41) is 0. The number of amides is 1. The third kappa shape index (κ3) is 1.36. The molecule has 2 N–H and O–H groups in total. The molecule has 2 nitrogen and oxygen atoms in total.